The van der Waals surface area contributed by atoms with Gasteiger partial charge in [0.2, 0.25) is 5.91 Å². The van der Waals surface area contributed by atoms with Crippen molar-refractivity contribution in [2.45, 2.75) is 51.2 Å². The minimum Gasteiger partial charge on any atom is -0.457 e. The maximum atomic E-state index is 12.4. The predicted molar refractivity (Wildman–Crippen MR) is 80.6 cm³/mol. The van der Waals surface area contributed by atoms with Crippen LogP contribution in [0, 0.1) is 11.8 Å². The first-order valence-corrected chi connectivity index (χ1v) is 8.10. The molecule has 1 amide bonds. The van der Waals surface area contributed by atoms with Gasteiger partial charge in [-0.15, -0.1) is 0 Å². The summed E-state index contributed by atoms with van der Waals surface area (Å²) in [6.07, 6.45) is 5.96. The van der Waals surface area contributed by atoms with Crippen LogP contribution < -0.4 is 0 Å². The number of aliphatic hydroxyl groups is 1. The molecule has 0 unspecified atom stereocenters. The van der Waals surface area contributed by atoms with E-state index in [1.807, 2.05) is 0 Å². The van der Waals surface area contributed by atoms with Crippen molar-refractivity contribution in [3.8, 4) is 0 Å². The molecule has 1 N–H and O–H groups in total. The van der Waals surface area contributed by atoms with Crippen LogP contribution in [0.3, 0.4) is 0 Å². The molecule has 1 saturated carbocycles. The van der Waals surface area contributed by atoms with E-state index in [4.69, 9.17) is 4.74 Å². The van der Waals surface area contributed by atoms with Crippen molar-refractivity contribution >= 4 is 11.9 Å². The molecule has 0 aromatic carbocycles. The van der Waals surface area contributed by atoms with Crippen LogP contribution in [0.15, 0.2) is 23.9 Å². The molecule has 1 saturated heterocycles. The van der Waals surface area contributed by atoms with Crippen molar-refractivity contribution in [3.63, 3.8) is 0 Å². The van der Waals surface area contributed by atoms with Gasteiger partial charge in [0.15, 0.2) is 0 Å². The minimum absolute atomic E-state index is 0.0631. The fourth-order valence-electron chi connectivity index (χ4n) is 4.19. The summed E-state index contributed by atoms with van der Waals surface area (Å²) in [5.41, 5.74) is 1.51. The van der Waals surface area contributed by atoms with E-state index in [0.717, 1.165) is 37.7 Å². The molecule has 0 bridgehead atoms. The van der Waals surface area contributed by atoms with Crippen molar-refractivity contribution in [2.24, 2.45) is 11.8 Å². The molecule has 0 aromatic heterocycles. The van der Waals surface area contributed by atoms with E-state index < -0.39 is 12.1 Å². The Kier molecular flexibility index (Phi) is 4.08. The van der Waals surface area contributed by atoms with Gasteiger partial charge in [0.05, 0.1) is 18.1 Å². The Morgan fingerprint density at radius 2 is 2.27 bits per heavy atom. The third kappa shape index (κ3) is 2.19. The molecule has 2 fully saturated rings. The number of β-lactam (4-membered cyclic amide) rings is 1. The standard InChI is InChI=1S/C17H23NO4/c1-3-9-22-17(21)15-12-8-6-4-5-7-11(12)14-13(10(2)19)16(20)18(14)15/h3,10-11,13-14,19H,1,4-9H2,2H3/t10-,11+,13-,14-/m1/s1. The van der Waals surface area contributed by atoms with Crippen LogP contribution in [-0.2, 0) is 14.3 Å². The van der Waals surface area contributed by atoms with Gasteiger partial charge in [-0.05, 0) is 31.8 Å². The Hall–Kier alpha value is -1.62. The highest BCUT2D eigenvalue weighted by Gasteiger charge is 2.60. The maximum Gasteiger partial charge on any atom is 0.355 e. The van der Waals surface area contributed by atoms with Crippen LogP contribution in [0.1, 0.15) is 39.0 Å². The molecule has 2 heterocycles. The topological polar surface area (TPSA) is 66.8 Å². The number of aliphatic hydroxyl groups excluding tert-OH is 1. The Morgan fingerprint density at radius 3 is 2.95 bits per heavy atom. The summed E-state index contributed by atoms with van der Waals surface area (Å²) in [7, 11) is 0. The summed E-state index contributed by atoms with van der Waals surface area (Å²) in [6.45, 7) is 5.35. The lowest BCUT2D eigenvalue weighted by molar-refractivity contribution is -0.164. The highest BCUT2D eigenvalue weighted by atomic mass is 16.5. The maximum absolute atomic E-state index is 12.4. The van der Waals surface area contributed by atoms with Gasteiger partial charge in [-0.1, -0.05) is 25.5 Å². The number of hydrogen-bond acceptors (Lipinski definition) is 4. The zero-order valence-electron chi connectivity index (χ0n) is 13.0. The lowest BCUT2D eigenvalue weighted by atomic mass is 9.75. The van der Waals surface area contributed by atoms with E-state index >= 15 is 0 Å². The molecule has 4 atom stereocenters. The normalized spacial score (nSPS) is 31.8. The molecule has 2 aliphatic heterocycles. The fraction of sp³-hybridized carbons (Fsp3) is 0.647. The van der Waals surface area contributed by atoms with Crippen LogP contribution in [0.4, 0.5) is 0 Å². The van der Waals surface area contributed by atoms with E-state index in [0.29, 0.717) is 5.70 Å². The number of fused-ring (bicyclic) bond motifs is 3. The molecular weight excluding hydrogens is 282 g/mol. The molecule has 5 heteroatoms. The van der Waals surface area contributed by atoms with Gasteiger partial charge in [-0.2, -0.15) is 0 Å². The molecule has 3 rings (SSSR count). The minimum atomic E-state index is -0.679. The summed E-state index contributed by atoms with van der Waals surface area (Å²) in [5, 5.41) is 9.92. The van der Waals surface area contributed by atoms with Crippen molar-refractivity contribution in [1.29, 1.82) is 0 Å². The molecule has 120 valence electrons. The van der Waals surface area contributed by atoms with Crippen molar-refractivity contribution < 1.29 is 19.4 Å². The first-order valence-electron chi connectivity index (χ1n) is 8.10. The number of amides is 1. The van der Waals surface area contributed by atoms with Gasteiger partial charge in [0, 0.05) is 5.92 Å². The number of hydrogen-bond donors (Lipinski definition) is 1. The smallest absolute Gasteiger partial charge is 0.355 e. The highest BCUT2D eigenvalue weighted by molar-refractivity contribution is 6.00. The average molecular weight is 305 g/mol. The number of carbonyl (C=O) groups is 2. The van der Waals surface area contributed by atoms with Gasteiger partial charge in [-0.3, -0.25) is 4.79 Å². The fourth-order valence-corrected chi connectivity index (χ4v) is 4.19. The molecule has 3 aliphatic rings. The van der Waals surface area contributed by atoms with Gasteiger partial charge in [0.1, 0.15) is 12.3 Å². The molecule has 0 aromatic rings. The van der Waals surface area contributed by atoms with E-state index in [1.165, 1.54) is 6.08 Å². The first kappa shape index (κ1) is 15.3. The lowest BCUT2D eigenvalue weighted by Gasteiger charge is -2.47. The average Bonchev–Trinajstić information content (AvgIpc) is 2.62. The first-order chi connectivity index (χ1) is 10.6. The Labute approximate surface area is 130 Å². The summed E-state index contributed by atoms with van der Waals surface area (Å²) in [5.74, 6) is -0.762. The van der Waals surface area contributed by atoms with Crippen LogP contribution in [0.2, 0.25) is 0 Å². The quantitative estimate of drug-likeness (QED) is 0.488. The summed E-state index contributed by atoms with van der Waals surface area (Å²) >= 11 is 0. The molecule has 1 aliphatic carbocycles. The van der Waals surface area contributed by atoms with Crippen LogP contribution in [0.5, 0.6) is 0 Å². The van der Waals surface area contributed by atoms with Gasteiger partial charge in [-0.25, -0.2) is 4.79 Å². The van der Waals surface area contributed by atoms with Crippen molar-refractivity contribution in [3.05, 3.63) is 23.9 Å². The van der Waals surface area contributed by atoms with E-state index in [9.17, 15) is 14.7 Å². The van der Waals surface area contributed by atoms with Crippen LogP contribution >= 0.6 is 0 Å². The van der Waals surface area contributed by atoms with Crippen molar-refractivity contribution in [2.75, 3.05) is 6.61 Å². The molecule has 5 nitrogen and oxygen atoms in total. The lowest BCUT2D eigenvalue weighted by Crippen LogP contribution is -2.63. The zero-order valence-corrected chi connectivity index (χ0v) is 13.0. The molecule has 0 spiro atoms. The van der Waals surface area contributed by atoms with Crippen LogP contribution in [-0.4, -0.2) is 40.6 Å². The summed E-state index contributed by atoms with van der Waals surface area (Å²) in [4.78, 5) is 26.4. The van der Waals surface area contributed by atoms with Gasteiger partial charge in [0.25, 0.3) is 0 Å². The van der Waals surface area contributed by atoms with Crippen molar-refractivity contribution in [1.82, 2.24) is 4.90 Å². The Morgan fingerprint density at radius 1 is 1.50 bits per heavy atom. The third-order valence-corrected chi connectivity index (χ3v) is 5.10. The Bertz CT molecular complexity index is 537. The van der Waals surface area contributed by atoms with E-state index in [-0.39, 0.29) is 30.4 Å². The monoisotopic (exact) mass is 305 g/mol. The number of carbonyl (C=O) groups excluding carboxylic acids is 2. The van der Waals surface area contributed by atoms with E-state index in [2.05, 4.69) is 6.58 Å². The molecule has 22 heavy (non-hydrogen) atoms. The second-order valence-corrected chi connectivity index (χ2v) is 6.43. The van der Waals surface area contributed by atoms with Crippen LogP contribution in [0.25, 0.3) is 0 Å². The molecule has 0 radical (unpaired) electrons. The number of ether oxygens (including phenoxy) is 1. The SMILES string of the molecule is C=CCOC(=O)C1=C2CCCCC[C@@H]2[C@@H]2[C@@H]([C@@H](C)O)C(=O)N12. The third-order valence-electron chi connectivity index (χ3n) is 5.10. The second-order valence-electron chi connectivity index (χ2n) is 6.43. The Balaban J connectivity index is 1.94. The second kappa shape index (κ2) is 5.88. The largest absolute Gasteiger partial charge is 0.457 e. The number of esters is 1. The molecular formula is C17H23NO4. The number of rotatable bonds is 4. The van der Waals surface area contributed by atoms with E-state index in [1.54, 1.807) is 11.8 Å². The summed E-state index contributed by atoms with van der Waals surface area (Å²) in [6, 6.07) is -0.0631. The number of nitrogens with zero attached hydrogens (tertiary/aromatic N) is 1. The highest BCUT2D eigenvalue weighted by Crippen LogP contribution is 2.51. The zero-order chi connectivity index (χ0) is 15.9. The predicted octanol–water partition coefficient (Wildman–Crippen LogP) is 1.77. The summed E-state index contributed by atoms with van der Waals surface area (Å²) < 4.78 is 5.19. The van der Waals surface area contributed by atoms with Gasteiger partial charge >= 0.3 is 5.97 Å². The van der Waals surface area contributed by atoms with Gasteiger partial charge < -0.3 is 14.7 Å².